The number of para-hydroxylation sites is 1. The number of carbonyl (C=O) groups is 2. The Labute approximate surface area is 173 Å². The highest BCUT2D eigenvalue weighted by Crippen LogP contribution is 2.22. The number of hydrogen-bond donors (Lipinski definition) is 1. The molecule has 1 amide bonds. The number of methoxy groups -OCH3 is 1. The molecule has 1 N–H and O–H groups in total. The second kappa shape index (κ2) is 9.34. The number of aryl methyl sites for hydroxylation is 2. The minimum absolute atomic E-state index is 0.107. The number of rotatable bonds is 7. The number of nitrogens with zero attached hydrogens (tertiary/aromatic N) is 1. The highest BCUT2D eigenvalue weighted by atomic mass is 32.1. The van der Waals surface area contributed by atoms with Crippen LogP contribution in [0.1, 0.15) is 32.2 Å². The molecular formula is C22H22N2O4S. The van der Waals surface area contributed by atoms with Gasteiger partial charge in [-0.25, -0.2) is 9.78 Å². The van der Waals surface area contributed by atoms with Crippen molar-refractivity contribution in [3.8, 4) is 5.75 Å². The van der Waals surface area contributed by atoms with Gasteiger partial charge in [0.25, 0.3) is 0 Å². The topological polar surface area (TPSA) is 77.5 Å². The fraction of sp³-hybridized carbons (Fsp3) is 0.227. The largest absolute Gasteiger partial charge is 0.486 e. The predicted molar refractivity (Wildman–Crippen MR) is 112 cm³/mol. The number of hydrogen-bond acceptors (Lipinski definition) is 6. The first-order valence-corrected chi connectivity index (χ1v) is 9.94. The zero-order valence-corrected chi connectivity index (χ0v) is 17.3. The molecule has 6 nitrogen and oxygen atoms in total. The van der Waals surface area contributed by atoms with E-state index in [0.29, 0.717) is 23.6 Å². The Balaban J connectivity index is 1.61. The summed E-state index contributed by atoms with van der Waals surface area (Å²) >= 11 is 1.44. The van der Waals surface area contributed by atoms with Gasteiger partial charge in [-0.1, -0.05) is 29.8 Å². The van der Waals surface area contributed by atoms with E-state index < -0.39 is 5.97 Å². The van der Waals surface area contributed by atoms with Crippen molar-refractivity contribution in [2.24, 2.45) is 0 Å². The Bertz CT molecular complexity index is 1010. The third-order valence-electron chi connectivity index (χ3n) is 4.27. The van der Waals surface area contributed by atoms with Gasteiger partial charge in [0.15, 0.2) is 0 Å². The number of thiazole rings is 1. The number of nitrogens with one attached hydrogen (secondary N) is 1. The molecule has 0 saturated heterocycles. The van der Waals surface area contributed by atoms with Crippen LogP contribution in [0, 0.1) is 13.8 Å². The minimum atomic E-state index is -0.492. The van der Waals surface area contributed by atoms with E-state index in [9.17, 15) is 9.59 Å². The third kappa shape index (κ3) is 5.42. The Morgan fingerprint density at radius 2 is 1.86 bits per heavy atom. The Morgan fingerprint density at radius 1 is 1.10 bits per heavy atom. The van der Waals surface area contributed by atoms with E-state index in [0.717, 1.165) is 16.3 Å². The van der Waals surface area contributed by atoms with Crippen molar-refractivity contribution < 1.29 is 19.1 Å². The number of amides is 1. The monoisotopic (exact) mass is 410 g/mol. The van der Waals surface area contributed by atoms with E-state index in [4.69, 9.17) is 9.47 Å². The number of aromatic nitrogens is 1. The average molecular weight is 410 g/mol. The Morgan fingerprint density at radius 3 is 2.59 bits per heavy atom. The van der Waals surface area contributed by atoms with E-state index in [2.05, 4.69) is 10.3 Å². The fourth-order valence-corrected chi connectivity index (χ4v) is 3.44. The van der Waals surface area contributed by atoms with E-state index in [1.165, 1.54) is 24.0 Å². The molecule has 0 fully saturated rings. The van der Waals surface area contributed by atoms with E-state index in [1.54, 1.807) is 12.1 Å². The highest BCUT2D eigenvalue weighted by molar-refractivity contribution is 7.09. The SMILES string of the molecule is COC(=O)c1cccc(C)c1NC(=O)Cc1csc(COc2ccc(C)cc2)n1. The van der Waals surface area contributed by atoms with E-state index >= 15 is 0 Å². The average Bonchev–Trinajstić information content (AvgIpc) is 3.15. The van der Waals surface area contributed by atoms with E-state index in [-0.39, 0.29) is 12.3 Å². The van der Waals surface area contributed by atoms with Gasteiger partial charge in [-0.2, -0.15) is 0 Å². The number of carbonyl (C=O) groups excluding carboxylic acids is 2. The summed E-state index contributed by atoms with van der Waals surface area (Å²) in [5.74, 6) is 0.0361. The van der Waals surface area contributed by atoms with Crippen LogP contribution in [0.3, 0.4) is 0 Å². The molecule has 0 radical (unpaired) electrons. The van der Waals surface area contributed by atoms with Crippen molar-refractivity contribution in [3.05, 3.63) is 75.2 Å². The minimum Gasteiger partial charge on any atom is -0.486 e. The summed E-state index contributed by atoms with van der Waals surface area (Å²) in [6.07, 6.45) is 0.107. The van der Waals surface area contributed by atoms with Crippen LogP contribution < -0.4 is 10.1 Å². The van der Waals surface area contributed by atoms with Gasteiger partial charge in [-0.3, -0.25) is 4.79 Å². The van der Waals surface area contributed by atoms with Crippen LogP contribution in [0.2, 0.25) is 0 Å². The number of esters is 1. The molecule has 150 valence electrons. The molecule has 2 aromatic carbocycles. The summed E-state index contributed by atoms with van der Waals surface area (Å²) in [5, 5.41) is 5.44. The van der Waals surface area contributed by atoms with Gasteiger partial charge in [0.2, 0.25) is 5.91 Å². The van der Waals surface area contributed by atoms with Crippen molar-refractivity contribution in [1.82, 2.24) is 4.98 Å². The van der Waals surface area contributed by atoms with Crippen molar-refractivity contribution in [3.63, 3.8) is 0 Å². The lowest BCUT2D eigenvalue weighted by molar-refractivity contribution is -0.115. The molecule has 0 aliphatic heterocycles. The quantitative estimate of drug-likeness (QED) is 0.588. The smallest absolute Gasteiger partial charge is 0.339 e. The molecule has 0 aliphatic rings. The maximum atomic E-state index is 12.5. The van der Waals surface area contributed by atoms with Crippen molar-refractivity contribution in [2.45, 2.75) is 26.9 Å². The summed E-state index contributed by atoms with van der Waals surface area (Å²) < 4.78 is 10.5. The van der Waals surface area contributed by atoms with Crippen LogP contribution in [0.5, 0.6) is 5.75 Å². The van der Waals surface area contributed by atoms with Crippen molar-refractivity contribution >= 4 is 28.9 Å². The number of benzene rings is 2. The predicted octanol–water partition coefficient (Wildman–Crippen LogP) is 4.31. The molecule has 3 rings (SSSR count). The van der Waals surface area contributed by atoms with Crippen LogP contribution in [0.25, 0.3) is 0 Å². The first-order chi connectivity index (χ1) is 14.0. The molecule has 0 unspecified atom stereocenters. The van der Waals surface area contributed by atoms with Crippen molar-refractivity contribution in [1.29, 1.82) is 0 Å². The lowest BCUT2D eigenvalue weighted by Gasteiger charge is -2.12. The zero-order valence-electron chi connectivity index (χ0n) is 16.5. The van der Waals surface area contributed by atoms with Gasteiger partial charge in [-0.15, -0.1) is 11.3 Å². The summed E-state index contributed by atoms with van der Waals surface area (Å²) in [7, 11) is 1.31. The molecule has 3 aromatic rings. The Hall–Kier alpha value is -3.19. The summed E-state index contributed by atoms with van der Waals surface area (Å²) in [6, 6.07) is 13.0. The van der Waals surface area contributed by atoms with Gasteiger partial charge >= 0.3 is 5.97 Å². The summed E-state index contributed by atoms with van der Waals surface area (Å²) in [6.45, 7) is 4.19. The van der Waals surface area contributed by atoms with Crippen molar-refractivity contribution in [2.75, 3.05) is 12.4 Å². The molecule has 0 atom stereocenters. The molecule has 0 saturated carbocycles. The van der Waals surface area contributed by atoms with E-state index in [1.807, 2.05) is 49.6 Å². The van der Waals surface area contributed by atoms with Gasteiger partial charge < -0.3 is 14.8 Å². The molecule has 29 heavy (non-hydrogen) atoms. The van der Waals surface area contributed by atoms with Crippen LogP contribution in [-0.2, 0) is 22.6 Å². The zero-order chi connectivity index (χ0) is 20.8. The summed E-state index contributed by atoms with van der Waals surface area (Å²) in [5.41, 5.74) is 3.40. The van der Waals surface area contributed by atoms with Gasteiger partial charge in [0.05, 0.1) is 30.5 Å². The first-order valence-electron chi connectivity index (χ1n) is 9.07. The maximum absolute atomic E-state index is 12.5. The van der Waals surface area contributed by atoms with Crippen LogP contribution in [0.15, 0.2) is 47.8 Å². The molecular weight excluding hydrogens is 388 g/mol. The molecule has 1 heterocycles. The lowest BCUT2D eigenvalue weighted by Crippen LogP contribution is -2.18. The Kier molecular flexibility index (Phi) is 6.61. The molecule has 1 aromatic heterocycles. The first kappa shape index (κ1) is 20.5. The second-order valence-corrected chi connectivity index (χ2v) is 7.49. The highest BCUT2D eigenvalue weighted by Gasteiger charge is 2.16. The third-order valence-corrected chi connectivity index (χ3v) is 5.14. The van der Waals surface area contributed by atoms with Gasteiger partial charge in [0, 0.05) is 5.38 Å². The molecule has 0 aliphatic carbocycles. The lowest BCUT2D eigenvalue weighted by atomic mass is 10.1. The molecule has 0 spiro atoms. The maximum Gasteiger partial charge on any atom is 0.339 e. The normalized spacial score (nSPS) is 10.4. The number of ether oxygens (including phenoxy) is 2. The number of anilines is 1. The van der Waals surface area contributed by atoms with Crippen LogP contribution in [-0.4, -0.2) is 24.0 Å². The second-order valence-electron chi connectivity index (χ2n) is 6.55. The fourth-order valence-electron chi connectivity index (χ4n) is 2.74. The standard InChI is InChI=1S/C22H22N2O4S/c1-14-7-9-17(10-8-14)28-12-20-23-16(13-29-20)11-19(25)24-21-15(2)5-4-6-18(21)22(26)27-3/h4-10,13H,11-12H2,1-3H3,(H,24,25). The molecule has 0 bridgehead atoms. The summed E-state index contributed by atoms with van der Waals surface area (Å²) in [4.78, 5) is 28.9. The molecule has 7 heteroatoms. The van der Waals surface area contributed by atoms with Gasteiger partial charge in [0.1, 0.15) is 17.4 Å². The van der Waals surface area contributed by atoms with Gasteiger partial charge in [-0.05, 0) is 37.6 Å². The van der Waals surface area contributed by atoms with Crippen LogP contribution in [0.4, 0.5) is 5.69 Å². The van der Waals surface area contributed by atoms with Crippen LogP contribution >= 0.6 is 11.3 Å².